The number of hydrogen-bond donors (Lipinski definition) is 3. The Balaban J connectivity index is 1.15. The maximum Gasteiger partial charge on any atom is 0.254 e. The van der Waals surface area contributed by atoms with Gasteiger partial charge in [0, 0.05) is 68.5 Å². The fraction of sp³-hybridized carbons (Fsp3) is 0.355. The summed E-state index contributed by atoms with van der Waals surface area (Å²) in [5.74, 6) is -0.494. The van der Waals surface area contributed by atoms with E-state index < -0.39 is 17.8 Å². The number of piperidine rings is 1. The second-order valence-electron chi connectivity index (χ2n) is 10.9. The van der Waals surface area contributed by atoms with E-state index in [1.54, 1.807) is 52.7 Å². The van der Waals surface area contributed by atoms with Crippen molar-refractivity contribution in [3.8, 4) is 17.0 Å². The summed E-state index contributed by atoms with van der Waals surface area (Å²) in [7, 11) is 1.42. The summed E-state index contributed by atoms with van der Waals surface area (Å²) in [6.07, 6.45) is 4.58. The number of methoxy groups -OCH3 is 1. The van der Waals surface area contributed by atoms with Gasteiger partial charge in [0.1, 0.15) is 0 Å². The van der Waals surface area contributed by atoms with Crippen LogP contribution in [0.1, 0.15) is 22.3 Å². The zero-order valence-electron chi connectivity index (χ0n) is 24.1. The molecule has 2 atom stereocenters. The number of anilines is 2. The normalized spacial score (nSPS) is 19.0. The van der Waals surface area contributed by atoms with Crippen LogP contribution in [0.3, 0.4) is 0 Å². The minimum Gasteiger partial charge on any atom is -0.494 e. The molecule has 12 heteroatoms. The number of hydrogen-bond acceptors (Lipinski definition) is 8. The Hall–Kier alpha value is -4.55. The van der Waals surface area contributed by atoms with Gasteiger partial charge in [0.2, 0.25) is 5.91 Å². The number of piperazine rings is 1. The largest absolute Gasteiger partial charge is 0.494 e. The average Bonchev–Trinajstić information content (AvgIpc) is 3.46. The molecule has 2 aromatic carbocycles. The zero-order chi connectivity index (χ0) is 30.1. The third-order valence-electron chi connectivity index (χ3n) is 8.21. The van der Waals surface area contributed by atoms with E-state index in [2.05, 4.69) is 20.6 Å². The Morgan fingerprint density at radius 3 is 2.63 bits per heavy atom. The number of rotatable bonds is 6. The van der Waals surface area contributed by atoms with E-state index in [9.17, 15) is 19.1 Å². The Morgan fingerprint density at radius 1 is 1.09 bits per heavy atom. The number of halogens is 1. The fourth-order valence-corrected chi connectivity index (χ4v) is 5.86. The van der Waals surface area contributed by atoms with Crippen LogP contribution in [-0.2, 0) is 4.79 Å². The predicted octanol–water partition coefficient (Wildman–Crippen LogP) is 2.85. The van der Waals surface area contributed by atoms with Gasteiger partial charge >= 0.3 is 0 Å². The van der Waals surface area contributed by atoms with Crippen molar-refractivity contribution in [1.29, 1.82) is 0 Å². The lowest BCUT2D eigenvalue weighted by molar-refractivity contribution is -0.142. The van der Waals surface area contributed by atoms with Gasteiger partial charge in [0.25, 0.3) is 5.91 Å². The number of carbonyl (C=O) groups excluding carboxylic acids is 2. The number of carbonyl (C=O) groups is 2. The smallest absolute Gasteiger partial charge is 0.254 e. The van der Waals surface area contributed by atoms with Gasteiger partial charge in [0.05, 0.1) is 31.0 Å². The number of amides is 2. The van der Waals surface area contributed by atoms with E-state index in [-0.39, 0.29) is 24.1 Å². The number of aryl methyl sites for hydroxylation is 1. The molecule has 224 valence electrons. The maximum absolute atomic E-state index is 14.4. The number of fused-ring (bicyclic) bond motifs is 1. The number of aromatic nitrogens is 3. The Kier molecular flexibility index (Phi) is 7.96. The molecule has 0 bridgehead atoms. The first-order valence-electron chi connectivity index (χ1n) is 14.3. The summed E-state index contributed by atoms with van der Waals surface area (Å²) in [6.45, 7) is 5.16. The van der Waals surface area contributed by atoms with Gasteiger partial charge in [-0.2, -0.15) is 0 Å². The van der Waals surface area contributed by atoms with Crippen LogP contribution in [0.2, 0.25) is 0 Å². The van der Waals surface area contributed by atoms with Gasteiger partial charge in [-0.3, -0.25) is 14.0 Å². The molecule has 2 amide bonds. The maximum atomic E-state index is 14.4. The van der Waals surface area contributed by atoms with Crippen LogP contribution in [0.4, 0.5) is 15.9 Å². The second kappa shape index (κ2) is 12.0. The van der Waals surface area contributed by atoms with Crippen molar-refractivity contribution in [1.82, 2.24) is 29.5 Å². The summed E-state index contributed by atoms with van der Waals surface area (Å²) in [5.41, 5.74) is 3.89. The number of benzene rings is 2. The van der Waals surface area contributed by atoms with Crippen molar-refractivity contribution in [2.24, 2.45) is 5.92 Å². The third kappa shape index (κ3) is 5.63. The first kappa shape index (κ1) is 28.6. The Bertz CT molecular complexity index is 1670. The summed E-state index contributed by atoms with van der Waals surface area (Å²) < 4.78 is 21.2. The number of aliphatic hydroxyl groups is 1. The third-order valence-corrected chi connectivity index (χ3v) is 8.21. The molecule has 0 spiro atoms. The summed E-state index contributed by atoms with van der Waals surface area (Å²) >= 11 is 0. The van der Waals surface area contributed by atoms with Crippen molar-refractivity contribution >= 4 is 29.0 Å². The van der Waals surface area contributed by atoms with Gasteiger partial charge < -0.3 is 30.3 Å². The molecule has 4 heterocycles. The van der Waals surface area contributed by atoms with Crippen LogP contribution in [-0.4, -0.2) is 93.6 Å². The van der Waals surface area contributed by atoms with Crippen LogP contribution >= 0.6 is 0 Å². The van der Waals surface area contributed by atoms with Crippen molar-refractivity contribution in [3.63, 3.8) is 0 Å². The van der Waals surface area contributed by atoms with Gasteiger partial charge in [-0.15, -0.1) is 0 Å². The topological polar surface area (TPSA) is 124 Å². The molecule has 6 rings (SSSR count). The van der Waals surface area contributed by atoms with Gasteiger partial charge in [-0.25, -0.2) is 14.4 Å². The van der Waals surface area contributed by atoms with Gasteiger partial charge in [0.15, 0.2) is 23.0 Å². The van der Waals surface area contributed by atoms with Crippen LogP contribution in [0.15, 0.2) is 55.0 Å². The SMILES string of the molecule is COc1ccc(-c2cnc3c(Nc4ccc(C(=O)N5CC[C@H](C(=O)N6CCNCC6)[C@@H](O)C5)c(C)c4)nccn23)cc1F. The quantitative estimate of drug-likeness (QED) is 0.315. The lowest BCUT2D eigenvalue weighted by Gasteiger charge is -2.38. The fourth-order valence-electron chi connectivity index (χ4n) is 5.86. The van der Waals surface area contributed by atoms with E-state index in [4.69, 9.17) is 4.74 Å². The molecule has 2 aliphatic rings. The van der Waals surface area contributed by atoms with Crippen LogP contribution in [0.5, 0.6) is 5.75 Å². The highest BCUT2D eigenvalue weighted by molar-refractivity contribution is 5.96. The molecule has 43 heavy (non-hydrogen) atoms. The van der Waals surface area contributed by atoms with E-state index in [1.165, 1.54) is 13.2 Å². The van der Waals surface area contributed by atoms with Crippen LogP contribution in [0.25, 0.3) is 16.9 Å². The molecule has 0 radical (unpaired) electrons. The van der Waals surface area contributed by atoms with E-state index in [0.29, 0.717) is 54.3 Å². The second-order valence-corrected chi connectivity index (χ2v) is 10.9. The monoisotopic (exact) mass is 587 g/mol. The first-order valence-corrected chi connectivity index (χ1v) is 14.3. The lowest BCUT2D eigenvalue weighted by Crippen LogP contribution is -2.55. The molecule has 2 saturated heterocycles. The molecule has 0 saturated carbocycles. The lowest BCUT2D eigenvalue weighted by atomic mass is 9.91. The molecule has 0 unspecified atom stereocenters. The molecule has 11 nitrogen and oxygen atoms in total. The van der Waals surface area contributed by atoms with Crippen molar-refractivity contribution in [3.05, 3.63) is 71.9 Å². The highest BCUT2D eigenvalue weighted by atomic mass is 19.1. The van der Waals surface area contributed by atoms with Crippen molar-refractivity contribution in [2.45, 2.75) is 19.4 Å². The Morgan fingerprint density at radius 2 is 1.91 bits per heavy atom. The van der Waals surface area contributed by atoms with Gasteiger partial charge in [-0.05, 0) is 55.3 Å². The highest BCUT2D eigenvalue weighted by Gasteiger charge is 2.37. The molecule has 2 fully saturated rings. The molecular formula is C31H34FN7O4. The molecule has 4 aromatic rings. The molecule has 3 N–H and O–H groups in total. The van der Waals surface area contributed by atoms with E-state index >= 15 is 0 Å². The van der Waals surface area contributed by atoms with Crippen molar-refractivity contribution < 1.29 is 23.8 Å². The standard InChI is InChI=1S/C31H34FN7O4/c1-19-15-21(36-28-29-35-17-25(39(29)14-10-34-28)20-3-6-27(43-2)24(32)16-20)4-5-22(19)30(41)38-11-7-23(26(40)18-38)31(42)37-12-8-33-9-13-37/h3-6,10,14-17,23,26,33,40H,7-9,11-13,18H2,1-2H3,(H,34,36)/t23-,26-/m0/s1. The average molecular weight is 588 g/mol. The van der Waals surface area contributed by atoms with E-state index in [1.807, 2.05) is 17.4 Å². The Labute approximate surface area is 248 Å². The number of likely N-dealkylation sites (tertiary alicyclic amines) is 1. The summed E-state index contributed by atoms with van der Waals surface area (Å²) in [4.78, 5) is 38.8. The number of imidazole rings is 1. The zero-order valence-corrected chi connectivity index (χ0v) is 24.1. The first-order chi connectivity index (χ1) is 20.8. The summed E-state index contributed by atoms with van der Waals surface area (Å²) in [6, 6.07) is 10.2. The minimum absolute atomic E-state index is 0.0305. The summed E-state index contributed by atoms with van der Waals surface area (Å²) in [5, 5.41) is 17.3. The predicted molar refractivity (Wildman–Crippen MR) is 159 cm³/mol. The number of nitrogens with zero attached hydrogens (tertiary/aromatic N) is 5. The van der Waals surface area contributed by atoms with Crippen molar-refractivity contribution in [2.75, 3.05) is 51.7 Å². The number of nitrogens with one attached hydrogen (secondary N) is 2. The molecule has 2 aliphatic heterocycles. The highest BCUT2D eigenvalue weighted by Crippen LogP contribution is 2.29. The van der Waals surface area contributed by atoms with Crippen LogP contribution in [0, 0.1) is 18.7 Å². The minimum atomic E-state index is -0.901. The number of ether oxygens (including phenoxy) is 1. The van der Waals surface area contributed by atoms with Crippen LogP contribution < -0.4 is 15.4 Å². The number of aliphatic hydroxyl groups excluding tert-OH is 1. The molecule has 0 aliphatic carbocycles. The van der Waals surface area contributed by atoms with Gasteiger partial charge in [-0.1, -0.05) is 0 Å². The molecular weight excluding hydrogens is 553 g/mol. The number of β-amino-alcohol motifs (C(OH)–C–C–N with tert-alkyl or cyclic N) is 1. The van der Waals surface area contributed by atoms with E-state index in [0.717, 1.165) is 24.3 Å². The molecule has 2 aromatic heterocycles.